The van der Waals surface area contributed by atoms with Crippen molar-refractivity contribution in [3.05, 3.63) is 24.3 Å². The standard InChI is InChI=1S/C10H11N3O2S/c11-10-12-16(14,15)9-4-2-1-3-8(9)13(10)7-5-6-7/h1-4,7H,5-6H2,(H2,11,12). The summed E-state index contributed by atoms with van der Waals surface area (Å²) in [7, 11) is -3.61. The normalized spacial score (nSPS) is 22.5. The van der Waals surface area contributed by atoms with Crippen molar-refractivity contribution >= 4 is 21.7 Å². The van der Waals surface area contributed by atoms with E-state index >= 15 is 0 Å². The van der Waals surface area contributed by atoms with Crippen LogP contribution in [0.15, 0.2) is 33.6 Å². The molecule has 1 saturated carbocycles. The molecule has 1 aliphatic heterocycles. The van der Waals surface area contributed by atoms with Crippen LogP contribution in [0.25, 0.3) is 0 Å². The van der Waals surface area contributed by atoms with E-state index in [-0.39, 0.29) is 10.9 Å². The predicted molar refractivity (Wildman–Crippen MR) is 60.8 cm³/mol. The van der Waals surface area contributed by atoms with E-state index in [1.54, 1.807) is 18.2 Å². The Morgan fingerprint density at radius 2 is 2.00 bits per heavy atom. The number of para-hydroxylation sites is 1. The fourth-order valence-electron chi connectivity index (χ4n) is 1.93. The molecule has 0 spiro atoms. The van der Waals surface area contributed by atoms with Crippen molar-refractivity contribution in [2.45, 2.75) is 23.8 Å². The van der Waals surface area contributed by atoms with E-state index in [4.69, 9.17) is 5.73 Å². The van der Waals surface area contributed by atoms with Crippen LogP contribution in [0, 0.1) is 0 Å². The van der Waals surface area contributed by atoms with Crippen LogP contribution in [0.3, 0.4) is 0 Å². The van der Waals surface area contributed by atoms with Crippen LogP contribution < -0.4 is 10.6 Å². The van der Waals surface area contributed by atoms with Crippen LogP contribution in [-0.4, -0.2) is 20.4 Å². The lowest BCUT2D eigenvalue weighted by Crippen LogP contribution is -2.42. The minimum Gasteiger partial charge on any atom is -0.369 e. The van der Waals surface area contributed by atoms with Crippen molar-refractivity contribution in [2.24, 2.45) is 10.1 Å². The number of nitrogens with two attached hydrogens (primary N) is 1. The maximum atomic E-state index is 11.8. The first-order chi connectivity index (χ1) is 7.59. The first-order valence-electron chi connectivity index (χ1n) is 5.08. The maximum Gasteiger partial charge on any atom is 0.287 e. The van der Waals surface area contributed by atoms with Crippen molar-refractivity contribution in [1.29, 1.82) is 0 Å². The van der Waals surface area contributed by atoms with Gasteiger partial charge in [-0.2, -0.15) is 8.42 Å². The Kier molecular flexibility index (Phi) is 1.79. The summed E-state index contributed by atoms with van der Waals surface area (Å²) in [5, 5.41) is 0. The second kappa shape index (κ2) is 2.98. The summed E-state index contributed by atoms with van der Waals surface area (Å²) >= 11 is 0. The van der Waals surface area contributed by atoms with E-state index in [2.05, 4.69) is 4.40 Å². The van der Waals surface area contributed by atoms with E-state index in [1.807, 2.05) is 11.0 Å². The van der Waals surface area contributed by atoms with Crippen molar-refractivity contribution in [1.82, 2.24) is 0 Å². The van der Waals surface area contributed by atoms with Crippen LogP contribution in [0.1, 0.15) is 12.8 Å². The zero-order valence-electron chi connectivity index (χ0n) is 8.50. The lowest BCUT2D eigenvalue weighted by atomic mass is 10.3. The third-order valence-corrected chi connectivity index (χ3v) is 4.10. The highest BCUT2D eigenvalue weighted by Crippen LogP contribution is 2.38. The molecule has 84 valence electrons. The third kappa shape index (κ3) is 1.30. The highest BCUT2D eigenvalue weighted by Gasteiger charge is 2.38. The highest BCUT2D eigenvalue weighted by atomic mass is 32.2. The maximum absolute atomic E-state index is 11.8. The Balaban J connectivity index is 2.25. The van der Waals surface area contributed by atoms with E-state index in [1.165, 1.54) is 0 Å². The summed E-state index contributed by atoms with van der Waals surface area (Å²) in [4.78, 5) is 2.06. The van der Waals surface area contributed by atoms with Gasteiger partial charge < -0.3 is 10.6 Å². The van der Waals surface area contributed by atoms with Crippen molar-refractivity contribution in [3.63, 3.8) is 0 Å². The van der Waals surface area contributed by atoms with E-state index < -0.39 is 10.0 Å². The highest BCUT2D eigenvalue weighted by molar-refractivity contribution is 7.90. The molecule has 1 aromatic carbocycles. The molecule has 2 aliphatic rings. The molecule has 16 heavy (non-hydrogen) atoms. The molecular formula is C10H11N3O2S. The van der Waals surface area contributed by atoms with Gasteiger partial charge in [0.25, 0.3) is 10.0 Å². The number of hydrogen-bond acceptors (Lipinski definition) is 4. The van der Waals surface area contributed by atoms with E-state index in [9.17, 15) is 8.42 Å². The van der Waals surface area contributed by atoms with Gasteiger partial charge in [0.1, 0.15) is 4.90 Å². The Labute approximate surface area is 93.6 Å². The quantitative estimate of drug-likeness (QED) is 0.779. The summed E-state index contributed by atoms with van der Waals surface area (Å²) < 4.78 is 27.1. The molecule has 0 aromatic heterocycles. The van der Waals surface area contributed by atoms with Crippen molar-refractivity contribution in [2.75, 3.05) is 4.90 Å². The van der Waals surface area contributed by atoms with Gasteiger partial charge in [0.05, 0.1) is 5.69 Å². The van der Waals surface area contributed by atoms with Gasteiger partial charge in [-0.3, -0.25) is 0 Å². The number of sulfonamides is 1. The Morgan fingerprint density at radius 3 is 2.69 bits per heavy atom. The molecule has 0 radical (unpaired) electrons. The van der Waals surface area contributed by atoms with E-state index in [0.717, 1.165) is 12.8 Å². The number of nitrogens with zero attached hydrogens (tertiary/aromatic N) is 2. The van der Waals surface area contributed by atoms with Crippen molar-refractivity contribution < 1.29 is 8.42 Å². The Hall–Kier alpha value is -1.56. The fraction of sp³-hybridized carbons (Fsp3) is 0.300. The summed E-state index contributed by atoms with van der Waals surface area (Å²) in [5.74, 6) is 0.0844. The number of rotatable bonds is 1. The summed E-state index contributed by atoms with van der Waals surface area (Å²) in [6.45, 7) is 0. The average molecular weight is 237 g/mol. The van der Waals surface area contributed by atoms with Gasteiger partial charge in [-0.25, -0.2) is 0 Å². The average Bonchev–Trinajstić information content (AvgIpc) is 3.01. The number of anilines is 1. The zero-order valence-corrected chi connectivity index (χ0v) is 9.31. The first kappa shape index (κ1) is 9.65. The molecule has 0 saturated heterocycles. The molecule has 0 amide bonds. The third-order valence-electron chi connectivity index (χ3n) is 2.78. The second-order valence-electron chi connectivity index (χ2n) is 3.99. The molecule has 1 fully saturated rings. The van der Waals surface area contributed by atoms with Gasteiger partial charge in [-0.05, 0) is 25.0 Å². The summed E-state index contributed by atoms with van der Waals surface area (Å²) in [6, 6.07) is 7.14. The first-order valence-corrected chi connectivity index (χ1v) is 6.52. The van der Waals surface area contributed by atoms with Crippen molar-refractivity contribution in [3.8, 4) is 0 Å². The largest absolute Gasteiger partial charge is 0.369 e. The molecule has 0 bridgehead atoms. The molecule has 6 heteroatoms. The fourth-order valence-corrected chi connectivity index (χ4v) is 3.04. The van der Waals surface area contributed by atoms with E-state index in [0.29, 0.717) is 11.7 Å². The topological polar surface area (TPSA) is 75.8 Å². The summed E-state index contributed by atoms with van der Waals surface area (Å²) in [6.07, 6.45) is 2.06. The smallest absolute Gasteiger partial charge is 0.287 e. The van der Waals surface area contributed by atoms with Crippen LogP contribution in [0.4, 0.5) is 5.69 Å². The SMILES string of the molecule is NC1=NS(=O)(=O)c2ccccc2N1C1CC1. The Bertz CT molecular complexity index is 575. The molecule has 1 aromatic rings. The minimum absolute atomic E-state index is 0.0844. The zero-order chi connectivity index (χ0) is 11.3. The molecular weight excluding hydrogens is 226 g/mol. The molecule has 1 heterocycles. The van der Waals surface area contributed by atoms with Gasteiger partial charge in [-0.1, -0.05) is 12.1 Å². The van der Waals surface area contributed by atoms with Crippen LogP contribution in [0.2, 0.25) is 0 Å². The Morgan fingerprint density at radius 1 is 1.31 bits per heavy atom. The molecule has 0 atom stereocenters. The molecule has 2 N–H and O–H groups in total. The number of guanidine groups is 1. The van der Waals surface area contributed by atoms with Gasteiger partial charge in [0, 0.05) is 6.04 Å². The van der Waals surface area contributed by atoms with Crippen LogP contribution >= 0.6 is 0 Å². The molecule has 1 aliphatic carbocycles. The van der Waals surface area contributed by atoms with Crippen LogP contribution in [-0.2, 0) is 10.0 Å². The number of benzene rings is 1. The lowest BCUT2D eigenvalue weighted by Gasteiger charge is -2.28. The molecule has 3 rings (SSSR count). The second-order valence-corrected chi connectivity index (χ2v) is 5.57. The lowest BCUT2D eigenvalue weighted by molar-refractivity contribution is 0.596. The van der Waals surface area contributed by atoms with Crippen LogP contribution in [0.5, 0.6) is 0 Å². The van der Waals surface area contributed by atoms with Gasteiger partial charge in [0.2, 0.25) is 5.96 Å². The molecule has 0 unspecified atom stereocenters. The predicted octanol–water partition coefficient (Wildman–Crippen LogP) is 0.672. The van der Waals surface area contributed by atoms with Gasteiger partial charge >= 0.3 is 0 Å². The number of fused-ring (bicyclic) bond motifs is 1. The number of hydrogen-bond donors (Lipinski definition) is 1. The van der Waals surface area contributed by atoms with Gasteiger partial charge in [-0.15, -0.1) is 4.40 Å². The van der Waals surface area contributed by atoms with Gasteiger partial charge in [0.15, 0.2) is 0 Å². The molecule has 5 nitrogen and oxygen atoms in total. The monoisotopic (exact) mass is 237 g/mol. The summed E-state index contributed by atoms with van der Waals surface area (Å²) in [5.41, 5.74) is 6.36. The minimum atomic E-state index is -3.61.